The smallest absolute Gasteiger partial charge is 0.282 e. The van der Waals surface area contributed by atoms with Crippen LogP contribution in [0.1, 0.15) is 55.0 Å². The molecule has 0 saturated heterocycles. The summed E-state index contributed by atoms with van der Waals surface area (Å²) in [5, 5.41) is 7.65. The normalized spacial score (nSPS) is 13.8. The summed E-state index contributed by atoms with van der Waals surface area (Å²) < 4.78 is 26.8. The topological polar surface area (TPSA) is 94.8 Å². The Morgan fingerprint density at radius 2 is 1.90 bits per heavy atom. The van der Waals surface area contributed by atoms with Gasteiger partial charge in [0.05, 0.1) is 29.9 Å². The summed E-state index contributed by atoms with van der Waals surface area (Å²) in [4.78, 5) is 30.9. The molecular formula is C33H33FN4O4. The molecule has 4 aromatic rings. The average Bonchev–Trinajstić information content (AvgIpc) is 3.01. The first kappa shape index (κ1) is 28.7. The van der Waals surface area contributed by atoms with E-state index >= 15 is 0 Å². The molecule has 1 aliphatic carbocycles. The highest BCUT2D eigenvalue weighted by Gasteiger charge is 2.22. The number of benzene rings is 3. The third-order valence-electron chi connectivity index (χ3n) is 7.31. The van der Waals surface area contributed by atoms with Gasteiger partial charge in [0.15, 0.2) is 18.1 Å². The van der Waals surface area contributed by atoms with Crippen LogP contribution in [0.2, 0.25) is 0 Å². The molecule has 3 aromatic carbocycles. The SMILES string of the molecule is C=CCc1cc(C=Nn2c(C3CCCCC3)nc3ccccc3c2=O)cc(OC)c1OCC(=O)Nc1ccccc1F. The van der Waals surface area contributed by atoms with Crippen LogP contribution in [0.15, 0.2) is 83.2 Å². The lowest BCUT2D eigenvalue weighted by Crippen LogP contribution is -2.25. The van der Waals surface area contributed by atoms with Gasteiger partial charge in [-0.25, -0.2) is 9.37 Å². The predicted octanol–water partition coefficient (Wildman–Crippen LogP) is 6.22. The third-order valence-corrected chi connectivity index (χ3v) is 7.31. The molecule has 1 aliphatic rings. The molecule has 0 aliphatic heterocycles. The monoisotopic (exact) mass is 568 g/mol. The number of nitrogens with one attached hydrogen (secondary N) is 1. The second-order valence-corrected chi connectivity index (χ2v) is 10.2. The number of para-hydroxylation sites is 2. The summed E-state index contributed by atoms with van der Waals surface area (Å²) in [6, 6.07) is 16.8. The molecule has 0 spiro atoms. The van der Waals surface area contributed by atoms with Gasteiger partial charge in [-0.2, -0.15) is 9.78 Å². The zero-order valence-corrected chi connectivity index (χ0v) is 23.5. The Balaban J connectivity index is 1.45. The van der Waals surface area contributed by atoms with Crippen LogP contribution in [0.3, 0.4) is 0 Å². The van der Waals surface area contributed by atoms with E-state index in [0.29, 0.717) is 45.8 Å². The molecule has 1 aromatic heterocycles. The van der Waals surface area contributed by atoms with Crippen molar-refractivity contribution in [3.63, 3.8) is 0 Å². The maximum absolute atomic E-state index is 13.9. The second kappa shape index (κ2) is 13.2. The predicted molar refractivity (Wildman–Crippen MR) is 162 cm³/mol. The van der Waals surface area contributed by atoms with Crippen LogP contribution in [0.4, 0.5) is 10.1 Å². The van der Waals surface area contributed by atoms with Crippen molar-refractivity contribution in [2.24, 2.45) is 5.10 Å². The first-order chi connectivity index (χ1) is 20.5. The molecule has 5 rings (SSSR count). The molecule has 9 heteroatoms. The Bertz CT molecular complexity index is 1690. The van der Waals surface area contributed by atoms with E-state index in [0.717, 1.165) is 25.7 Å². The number of carbonyl (C=O) groups excluding carboxylic acids is 1. The molecule has 0 radical (unpaired) electrons. The molecular weight excluding hydrogens is 535 g/mol. The van der Waals surface area contributed by atoms with Crippen molar-refractivity contribution in [1.82, 2.24) is 9.66 Å². The standard InChI is InChI=1S/C33H33FN4O4/c1-3-11-24-18-22(19-29(41-2)31(24)42-21-30(39)36-28-17-10-8-15-26(28)34)20-35-38-32(23-12-5-4-6-13-23)37-27-16-9-7-14-25(27)33(38)40/h3,7-10,14-20,23H,1,4-6,11-13,21H2,2H3,(H,36,39). The number of anilines is 1. The van der Waals surface area contributed by atoms with Gasteiger partial charge in [0.25, 0.3) is 11.5 Å². The van der Waals surface area contributed by atoms with Crippen molar-refractivity contribution in [3.8, 4) is 11.5 Å². The Labute approximate surface area is 243 Å². The summed E-state index contributed by atoms with van der Waals surface area (Å²) >= 11 is 0. The van der Waals surface area contributed by atoms with E-state index in [1.807, 2.05) is 24.3 Å². The quantitative estimate of drug-likeness (QED) is 0.181. The number of methoxy groups -OCH3 is 1. The first-order valence-electron chi connectivity index (χ1n) is 14.0. The molecule has 0 unspecified atom stereocenters. The number of carbonyl (C=O) groups is 1. The number of aromatic nitrogens is 2. The number of nitrogens with zero attached hydrogens (tertiary/aromatic N) is 3. The van der Waals surface area contributed by atoms with Crippen LogP contribution in [0.25, 0.3) is 10.9 Å². The van der Waals surface area contributed by atoms with E-state index < -0.39 is 11.7 Å². The maximum atomic E-state index is 13.9. The highest BCUT2D eigenvalue weighted by atomic mass is 19.1. The third kappa shape index (κ3) is 6.40. The number of hydrogen-bond acceptors (Lipinski definition) is 6. The van der Waals surface area contributed by atoms with Crippen molar-refractivity contribution in [3.05, 3.63) is 106 Å². The van der Waals surface area contributed by atoms with Gasteiger partial charge in [-0.3, -0.25) is 9.59 Å². The fraction of sp³-hybridized carbons (Fsp3) is 0.273. The number of halogens is 1. The Kier molecular flexibility index (Phi) is 9.06. The molecule has 1 fully saturated rings. The van der Waals surface area contributed by atoms with Gasteiger partial charge < -0.3 is 14.8 Å². The van der Waals surface area contributed by atoms with Gasteiger partial charge in [-0.1, -0.05) is 49.6 Å². The molecule has 8 nitrogen and oxygen atoms in total. The summed E-state index contributed by atoms with van der Waals surface area (Å²) in [6.45, 7) is 3.48. The number of ether oxygens (including phenoxy) is 2. The van der Waals surface area contributed by atoms with Crippen molar-refractivity contribution in [2.45, 2.75) is 44.4 Å². The number of hydrogen-bond donors (Lipinski definition) is 1. The van der Waals surface area contributed by atoms with E-state index in [4.69, 9.17) is 14.5 Å². The minimum atomic E-state index is -0.535. The largest absolute Gasteiger partial charge is 0.493 e. The Hall–Kier alpha value is -4.79. The van der Waals surface area contributed by atoms with Crippen molar-refractivity contribution >= 4 is 28.7 Å². The summed E-state index contributed by atoms with van der Waals surface area (Å²) in [5.41, 5.74) is 1.91. The molecule has 0 bridgehead atoms. The van der Waals surface area contributed by atoms with Gasteiger partial charge in [0.2, 0.25) is 0 Å². The fourth-order valence-electron chi connectivity index (χ4n) is 5.27. The van der Waals surface area contributed by atoms with Gasteiger partial charge >= 0.3 is 0 Å². The van der Waals surface area contributed by atoms with E-state index in [2.05, 4.69) is 17.0 Å². The van der Waals surface area contributed by atoms with Crippen LogP contribution in [0.5, 0.6) is 11.5 Å². The highest BCUT2D eigenvalue weighted by molar-refractivity contribution is 5.92. The minimum absolute atomic E-state index is 0.0713. The van der Waals surface area contributed by atoms with E-state index in [9.17, 15) is 14.0 Å². The number of allylic oxidation sites excluding steroid dienone is 1. The Morgan fingerprint density at radius 3 is 2.67 bits per heavy atom. The van der Waals surface area contributed by atoms with Crippen LogP contribution in [-0.4, -0.2) is 35.5 Å². The van der Waals surface area contributed by atoms with Gasteiger partial charge in [-0.05, 0) is 61.2 Å². The van der Waals surface area contributed by atoms with Gasteiger partial charge in [0, 0.05) is 11.5 Å². The zero-order chi connectivity index (χ0) is 29.5. The first-order valence-corrected chi connectivity index (χ1v) is 14.0. The van der Waals surface area contributed by atoms with Gasteiger partial charge in [-0.15, -0.1) is 6.58 Å². The van der Waals surface area contributed by atoms with Crippen molar-refractivity contribution < 1.29 is 18.7 Å². The fourth-order valence-corrected chi connectivity index (χ4v) is 5.27. The van der Waals surface area contributed by atoms with Gasteiger partial charge in [0.1, 0.15) is 11.6 Å². The summed E-state index contributed by atoms with van der Waals surface area (Å²) in [7, 11) is 1.50. The lowest BCUT2D eigenvalue weighted by Gasteiger charge is -2.22. The van der Waals surface area contributed by atoms with Crippen molar-refractivity contribution in [1.29, 1.82) is 0 Å². The Morgan fingerprint density at radius 1 is 1.14 bits per heavy atom. The van der Waals surface area contributed by atoms with Crippen molar-refractivity contribution in [2.75, 3.05) is 19.0 Å². The lowest BCUT2D eigenvalue weighted by atomic mass is 9.88. The molecule has 42 heavy (non-hydrogen) atoms. The lowest BCUT2D eigenvalue weighted by molar-refractivity contribution is -0.118. The average molecular weight is 569 g/mol. The molecule has 216 valence electrons. The number of rotatable bonds is 10. The highest BCUT2D eigenvalue weighted by Crippen LogP contribution is 2.34. The van der Waals surface area contributed by atoms with Crippen LogP contribution in [0, 0.1) is 5.82 Å². The second-order valence-electron chi connectivity index (χ2n) is 10.2. The summed E-state index contributed by atoms with van der Waals surface area (Å²) in [5.74, 6) is 0.526. The number of amides is 1. The molecule has 1 heterocycles. The molecule has 0 atom stereocenters. The maximum Gasteiger partial charge on any atom is 0.282 e. The molecule has 1 N–H and O–H groups in total. The van der Waals surface area contributed by atoms with E-state index in [1.54, 1.807) is 36.6 Å². The van der Waals surface area contributed by atoms with E-state index in [1.165, 1.54) is 30.3 Å². The van der Waals surface area contributed by atoms with Crippen LogP contribution in [-0.2, 0) is 11.2 Å². The van der Waals surface area contributed by atoms with Crippen LogP contribution >= 0.6 is 0 Å². The summed E-state index contributed by atoms with van der Waals surface area (Å²) in [6.07, 6.45) is 9.05. The molecule has 1 saturated carbocycles. The van der Waals surface area contributed by atoms with Crippen LogP contribution < -0.4 is 20.3 Å². The minimum Gasteiger partial charge on any atom is -0.493 e. The zero-order valence-electron chi connectivity index (χ0n) is 23.5. The van der Waals surface area contributed by atoms with E-state index in [-0.39, 0.29) is 23.8 Å². The number of fused-ring (bicyclic) bond motifs is 1. The molecule has 1 amide bonds.